The summed E-state index contributed by atoms with van der Waals surface area (Å²) in [6.45, 7) is 0.618. The summed E-state index contributed by atoms with van der Waals surface area (Å²) in [7, 11) is 1.65. The Morgan fingerprint density at radius 3 is 2.78 bits per heavy atom. The standard InChI is InChI=1S/C19H16ClN5OS/c1-26-14-7-5-13(6-8-14)10-25-11-15(18(20)24-25)16-12-27-19(22-16)23-17-4-2-3-9-21-17/h2-9,11-12H,10H2,1H3,(H,21,22,23). The van der Waals surface area contributed by atoms with E-state index in [0.29, 0.717) is 11.7 Å². The SMILES string of the molecule is COc1ccc(Cn2cc(-c3csc(Nc4ccccn4)n3)c(Cl)n2)cc1. The zero-order valence-corrected chi connectivity index (χ0v) is 16.0. The highest BCUT2D eigenvalue weighted by molar-refractivity contribution is 7.14. The van der Waals surface area contributed by atoms with E-state index in [1.807, 2.05) is 58.7 Å². The molecule has 0 aliphatic heterocycles. The molecule has 3 aromatic heterocycles. The molecule has 0 amide bonds. The quantitative estimate of drug-likeness (QED) is 0.503. The van der Waals surface area contributed by atoms with E-state index in [0.717, 1.165) is 33.5 Å². The zero-order valence-electron chi connectivity index (χ0n) is 14.5. The molecule has 0 fully saturated rings. The Bertz CT molecular complexity index is 1030. The first-order chi connectivity index (χ1) is 13.2. The minimum absolute atomic E-state index is 0.429. The van der Waals surface area contributed by atoms with Crippen LogP contribution in [0.25, 0.3) is 11.3 Å². The van der Waals surface area contributed by atoms with Gasteiger partial charge in [0.1, 0.15) is 11.6 Å². The number of benzene rings is 1. The number of halogens is 1. The average Bonchev–Trinajstić information content (AvgIpc) is 3.29. The van der Waals surface area contributed by atoms with Gasteiger partial charge in [-0.2, -0.15) is 5.10 Å². The lowest BCUT2D eigenvalue weighted by Crippen LogP contribution is -1.99. The second-order valence-electron chi connectivity index (χ2n) is 5.76. The summed E-state index contributed by atoms with van der Waals surface area (Å²) in [5.41, 5.74) is 2.69. The number of hydrogen-bond donors (Lipinski definition) is 1. The summed E-state index contributed by atoms with van der Waals surface area (Å²) in [6.07, 6.45) is 3.64. The lowest BCUT2D eigenvalue weighted by atomic mass is 10.2. The number of hydrogen-bond acceptors (Lipinski definition) is 6. The van der Waals surface area contributed by atoms with E-state index in [9.17, 15) is 0 Å². The Labute approximate surface area is 165 Å². The molecule has 136 valence electrons. The van der Waals surface area contributed by atoms with Crippen molar-refractivity contribution in [1.29, 1.82) is 0 Å². The van der Waals surface area contributed by atoms with Gasteiger partial charge in [0.05, 0.1) is 24.9 Å². The minimum Gasteiger partial charge on any atom is -0.497 e. The number of aromatic nitrogens is 4. The van der Waals surface area contributed by atoms with Crippen molar-refractivity contribution in [2.24, 2.45) is 0 Å². The fourth-order valence-corrected chi connectivity index (χ4v) is 3.53. The smallest absolute Gasteiger partial charge is 0.188 e. The van der Waals surface area contributed by atoms with Gasteiger partial charge in [0.25, 0.3) is 0 Å². The van der Waals surface area contributed by atoms with Crippen LogP contribution >= 0.6 is 22.9 Å². The third kappa shape index (κ3) is 4.10. The normalized spacial score (nSPS) is 10.7. The van der Waals surface area contributed by atoms with Gasteiger partial charge in [-0.25, -0.2) is 9.97 Å². The maximum atomic E-state index is 6.34. The van der Waals surface area contributed by atoms with Crippen LogP contribution in [0.15, 0.2) is 60.2 Å². The number of nitrogens with zero attached hydrogens (tertiary/aromatic N) is 4. The molecule has 4 rings (SSSR count). The molecule has 0 saturated carbocycles. The van der Waals surface area contributed by atoms with E-state index in [4.69, 9.17) is 16.3 Å². The van der Waals surface area contributed by atoms with Gasteiger partial charge < -0.3 is 10.1 Å². The molecule has 0 atom stereocenters. The van der Waals surface area contributed by atoms with E-state index in [1.165, 1.54) is 11.3 Å². The van der Waals surface area contributed by atoms with Gasteiger partial charge in [-0.15, -0.1) is 11.3 Å². The predicted molar refractivity (Wildman–Crippen MR) is 108 cm³/mol. The number of thiazole rings is 1. The van der Waals surface area contributed by atoms with Crippen molar-refractivity contribution in [3.05, 3.63) is 71.0 Å². The number of nitrogens with one attached hydrogen (secondary N) is 1. The number of rotatable bonds is 6. The van der Waals surface area contributed by atoms with Gasteiger partial charge in [0, 0.05) is 17.8 Å². The van der Waals surface area contributed by atoms with Gasteiger partial charge in [0.2, 0.25) is 0 Å². The highest BCUT2D eigenvalue weighted by Crippen LogP contribution is 2.31. The van der Waals surface area contributed by atoms with Crippen LogP contribution in [-0.4, -0.2) is 26.9 Å². The molecule has 3 heterocycles. The van der Waals surface area contributed by atoms with Gasteiger partial charge in [-0.3, -0.25) is 4.68 Å². The van der Waals surface area contributed by atoms with Gasteiger partial charge in [-0.1, -0.05) is 29.8 Å². The molecular weight excluding hydrogens is 382 g/mol. The van der Waals surface area contributed by atoms with Crippen LogP contribution in [0.5, 0.6) is 5.75 Å². The lowest BCUT2D eigenvalue weighted by Gasteiger charge is -2.03. The van der Waals surface area contributed by atoms with Gasteiger partial charge >= 0.3 is 0 Å². The van der Waals surface area contributed by atoms with E-state index < -0.39 is 0 Å². The monoisotopic (exact) mass is 397 g/mol. The molecule has 0 spiro atoms. The highest BCUT2D eigenvalue weighted by atomic mass is 35.5. The Morgan fingerprint density at radius 1 is 1.19 bits per heavy atom. The summed E-state index contributed by atoms with van der Waals surface area (Å²) < 4.78 is 6.99. The molecule has 6 nitrogen and oxygen atoms in total. The average molecular weight is 398 g/mol. The molecular formula is C19H16ClN5OS. The fraction of sp³-hybridized carbons (Fsp3) is 0.105. The molecule has 0 aliphatic rings. The zero-order chi connectivity index (χ0) is 18.6. The molecule has 0 bridgehead atoms. The van der Waals surface area contributed by atoms with Crippen LogP contribution in [0.2, 0.25) is 5.15 Å². The van der Waals surface area contributed by atoms with Gasteiger partial charge in [-0.05, 0) is 29.8 Å². The summed E-state index contributed by atoms with van der Waals surface area (Å²) in [4.78, 5) is 8.83. The second kappa shape index (κ2) is 7.77. The topological polar surface area (TPSA) is 64.9 Å². The van der Waals surface area contributed by atoms with Crippen LogP contribution in [-0.2, 0) is 6.54 Å². The predicted octanol–water partition coefficient (Wildman–Crippen LogP) is 4.86. The third-order valence-corrected chi connectivity index (χ3v) is 4.94. The van der Waals surface area contributed by atoms with Crippen molar-refractivity contribution in [3.63, 3.8) is 0 Å². The Balaban J connectivity index is 1.51. The molecule has 0 aliphatic carbocycles. The van der Waals surface area contributed by atoms with Crippen molar-refractivity contribution in [2.45, 2.75) is 6.54 Å². The number of pyridine rings is 1. The minimum atomic E-state index is 0.429. The molecule has 0 radical (unpaired) electrons. The lowest BCUT2D eigenvalue weighted by molar-refractivity contribution is 0.414. The van der Waals surface area contributed by atoms with E-state index in [2.05, 4.69) is 20.4 Å². The first kappa shape index (κ1) is 17.5. The maximum Gasteiger partial charge on any atom is 0.188 e. The Hall–Kier alpha value is -2.90. The molecule has 27 heavy (non-hydrogen) atoms. The van der Waals surface area contributed by atoms with E-state index in [1.54, 1.807) is 13.3 Å². The molecule has 1 aromatic carbocycles. The molecule has 0 saturated heterocycles. The summed E-state index contributed by atoms with van der Waals surface area (Å²) in [6, 6.07) is 13.5. The molecule has 1 N–H and O–H groups in total. The molecule has 0 unspecified atom stereocenters. The van der Waals surface area contributed by atoms with Crippen molar-refractivity contribution >= 4 is 33.9 Å². The van der Waals surface area contributed by atoms with Crippen LogP contribution < -0.4 is 10.1 Å². The highest BCUT2D eigenvalue weighted by Gasteiger charge is 2.13. The summed E-state index contributed by atoms with van der Waals surface area (Å²) >= 11 is 7.84. The first-order valence-corrected chi connectivity index (χ1v) is 9.47. The number of methoxy groups -OCH3 is 1. The van der Waals surface area contributed by atoms with E-state index >= 15 is 0 Å². The van der Waals surface area contributed by atoms with Crippen molar-refractivity contribution in [1.82, 2.24) is 19.7 Å². The van der Waals surface area contributed by atoms with E-state index in [-0.39, 0.29) is 0 Å². The van der Waals surface area contributed by atoms with Crippen LogP contribution in [0.3, 0.4) is 0 Å². The van der Waals surface area contributed by atoms with Gasteiger partial charge in [0.15, 0.2) is 10.3 Å². The largest absolute Gasteiger partial charge is 0.497 e. The van der Waals surface area contributed by atoms with Crippen molar-refractivity contribution < 1.29 is 4.74 Å². The number of anilines is 2. The fourth-order valence-electron chi connectivity index (χ4n) is 2.57. The maximum absolute atomic E-state index is 6.34. The molecule has 4 aromatic rings. The first-order valence-electron chi connectivity index (χ1n) is 8.21. The van der Waals surface area contributed by atoms with Crippen molar-refractivity contribution in [3.8, 4) is 17.0 Å². The Morgan fingerprint density at radius 2 is 2.04 bits per heavy atom. The van der Waals surface area contributed by atoms with Crippen LogP contribution in [0.1, 0.15) is 5.56 Å². The third-order valence-electron chi connectivity index (χ3n) is 3.90. The summed E-state index contributed by atoms with van der Waals surface area (Å²) in [5, 5.41) is 10.7. The Kier molecular flexibility index (Phi) is 5.04. The van der Waals surface area contributed by atoms with Crippen LogP contribution in [0, 0.1) is 0 Å². The summed E-state index contributed by atoms with van der Waals surface area (Å²) in [5.74, 6) is 1.58. The van der Waals surface area contributed by atoms with Crippen LogP contribution in [0.4, 0.5) is 10.9 Å². The van der Waals surface area contributed by atoms with Crippen molar-refractivity contribution in [2.75, 3.05) is 12.4 Å². The molecule has 8 heteroatoms. The second-order valence-corrected chi connectivity index (χ2v) is 6.97. The number of ether oxygens (including phenoxy) is 1.